The van der Waals surface area contributed by atoms with Crippen LogP contribution in [-0.4, -0.2) is 5.91 Å². The molecule has 1 N–H and O–H groups in total. The molecule has 1 fully saturated rings. The second-order valence-electron chi connectivity index (χ2n) is 5.79. The van der Waals surface area contributed by atoms with Crippen LogP contribution in [0.15, 0.2) is 24.3 Å². The van der Waals surface area contributed by atoms with Crippen molar-refractivity contribution in [3.8, 4) is 6.07 Å². The molecule has 0 saturated heterocycles. The lowest BCUT2D eigenvalue weighted by Crippen LogP contribution is -2.30. The molecule has 3 heteroatoms. The quantitative estimate of drug-likeness (QED) is 0.880. The smallest absolute Gasteiger partial charge is 0.240 e. The lowest BCUT2D eigenvalue weighted by molar-refractivity contribution is -0.124. The molecule has 0 radical (unpaired) electrons. The summed E-state index contributed by atoms with van der Waals surface area (Å²) in [6.45, 7) is 4.90. The summed E-state index contributed by atoms with van der Waals surface area (Å²) >= 11 is 0. The summed E-state index contributed by atoms with van der Waals surface area (Å²) in [5, 5.41) is 11.8. The van der Waals surface area contributed by atoms with Gasteiger partial charge in [-0.1, -0.05) is 38.1 Å². The van der Waals surface area contributed by atoms with Crippen LogP contribution in [0.5, 0.6) is 0 Å². The van der Waals surface area contributed by atoms with Gasteiger partial charge in [0.05, 0.1) is 6.07 Å². The van der Waals surface area contributed by atoms with Crippen molar-refractivity contribution in [2.24, 2.45) is 11.3 Å². The molecule has 1 amide bonds. The summed E-state index contributed by atoms with van der Waals surface area (Å²) in [4.78, 5) is 11.8. The molecule has 1 aliphatic rings. The van der Waals surface area contributed by atoms with E-state index in [0.29, 0.717) is 25.3 Å². The van der Waals surface area contributed by atoms with Crippen LogP contribution in [0.4, 0.5) is 0 Å². The first kappa shape index (κ1) is 13.6. The van der Waals surface area contributed by atoms with Gasteiger partial charge in [-0.2, -0.15) is 5.26 Å². The number of nitrogens with zero attached hydrogens (tertiary/aromatic N) is 1. The second-order valence-corrected chi connectivity index (χ2v) is 5.79. The number of benzene rings is 1. The molecule has 1 saturated carbocycles. The number of carbonyl (C=O) groups excluding carboxylic acids is 1. The average Bonchev–Trinajstić information content (AvgIpc) is 3.18. The first-order valence-electron chi connectivity index (χ1n) is 6.83. The van der Waals surface area contributed by atoms with E-state index in [9.17, 15) is 4.79 Å². The van der Waals surface area contributed by atoms with E-state index in [1.54, 1.807) is 0 Å². The normalized spacial score (nSPS) is 15.9. The maximum atomic E-state index is 11.8. The van der Waals surface area contributed by atoms with Gasteiger partial charge in [0.15, 0.2) is 0 Å². The van der Waals surface area contributed by atoms with Crippen LogP contribution in [0.1, 0.15) is 37.8 Å². The van der Waals surface area contributed by atoms with Crippen molar-refractivity contribution in [1.29, 1.82) is 5.26 Å². The van der Waals surface area contributed by atoms with Crippen molar-refractivity contribution in [3.63, 3.8) is 0 Å². The fourth-order valence-electron chi connectivity index (χ4n) is 2.13. The molecule has 0 bridgehead atoms. The van der Waals surface area contributed by atoms with Crippen molar-refractivity contribution in [1.82, 2.24) is 5.32 Å². The molecule has 1 aromatic rings. The van der Waals surface area contributed by atoms with Crippen molar-refractivity contribution in [2.75, 3.05) is 0 Å². The number of amides is 1. The average molecular weight is 256 g/mol. The molecular formula is C16H20N2O. The van der Waals surface area contributed by atoms with Gasteiger partial charge in [0, 0.05) is 6.54 Å². The largest absolute Gasteiger partial charge is 0.351 e. The molecule has 100 valence electrons. The van der Waals surface area contributed by atoms with E-state index in [4.69, 9.17) is 5.26 Å². The summed E-state index contributed by atoms with van der Waals surface area (Å²) in [6.07, 6.45) is 2.47. The van der Waals surface area contributed by atoms with Gasteiger partial charge in [-0.05, 0) is 36.3 Å². The number of carbonyl (C=O) groups is 1. The van der Waals surface area contributed by atoms with Crippen LogP contribution >= 0.6 is 0 Å². The van der Waals surface area contributed by atoms with Crippen LogP contribution in [0.2, 0.25) is 0 Å². The number of nitrogens with one attached hydrogen (secondary N) is 1. The van der Waals surface area contributed by atoms with Crippen molar-refractivity contribution in [2.45, 2.75) is 39.7 Å². The monoisotopic (exact) mass is 256 g/mol. The Kier molecular flexibility index (Phi) is 3.90. The summed E-state index contributed by atoms with van der Waals surface area (Å²) in [5.74, 6) is 0.525. The predicted molar refractivity (Wildman–Crippen MR) is 74.1 cm³/mol. The third-order valence-corrected chi connectivity index (χ3v) is 3.52. The number of hydrogen-bond donors (Lipinski definition) is 1. The molecule has 0 aliphatic heterocycles. The minimum Gasteiger partial charge on any atom is -0.351 e. The van der Waals surface area contributed by atoms with E-state index >= 15 is 0 Å². The Hall–Kier alpha value is -1.82. The SMILES string of the molecule is CC(C)Cc1ccc(CNC(=O)C2(C#N)CC2)cc1. The van der Waals surface area contributed by atoms with Gasteiger partial charge >= 0.3 is 0 Å². The lowest BCUT2D eigenvalue weighted by Gasteiger charge is -2.09. The Morgan fingerprint density at radius 2 is 1.89 bits per heavy atom. The van der Waals surface area contributed by atoms with E-state index in [1.807, 2.05) is 12.1 Å². The number of hydrogen-bond acceptors (Lipinski definition) is 2. The van der Waals surface area contributed by atoms with Crippen LogP contribution in [0, 0.1) is 22.7 Å². The van der Waals surface area contributed by atoms with E-state index in [-0.39, 0.29) is 5.91 Å². The van der Waals surface area contributed by atoms with E-state index in [2.05, 4.69) is 37.4 Å². The topological polar surface area (TPSA) is 52.9 Å². The van der Waals surface area contributed by atoms with E-state index in [1.165, 1.54) is 5.56 Å². The highest BCUT2D eigenvalue weighted by Crippen LogP contribution is 2.44. The van der Waals surface area contributed by atoms with Gasteiger partial charge in [-0.15, -0.1) is 0 Å². The Balaban J connectivity index is 1.87. The maximum Gasteiger partial charge on any atom is 0.240 e. The van der Waals surface area contributed by atoms with Crippen molar-refractivity contribution in [3.05, 3.63) is 35.4 Å². The van der Waals surface area contributed by atoms with Gasteiger partial charge in [-0.3, -0.25) is 4.79 Å². The van der Waals surface area contributed by atoms with E-state index in [0.717, 1.165) is 12.0 Å². The zero-order valence-electron chi connectivity index (χ0n) is 11.6. The Bertz CT molecular complexity index is 492. The second kappa shape index (κ2) is 5.44. The number of rotatable bonds is 5. The summed E-state index contributed by atoms with van der Waals surface area (Å²) < 4.78 is 0. The fraction of sp³-hybridized carbons (Fsp3) is 0.500. The summed E-state index contributed by atoms with van der Waals surface area (Å²) in [6, 6.07) is 10.4. The molecule has 1 aromatic carbocycles. The highest BCUT2D eigenvalue weighted by molar-refractivity contribution is 5.88. The van der Waals surface area contributed by atoms with Gasteiger partial charge in [-0.25, -0.2) is 0 Å². The van der Waals surface area contributed by atoms with Crippen LogP contribution in [-0.2, 0) is 17.8 Å². The molecule has 1 aliphatic carbocycles. The molecule has 0 spiro atoms. The first-order valence-corrected chi connectivity index (χ1v) is 6.83. The van der Waals surface area contributed by atoms with Crippen LogP contribution in [0.3, 0.4) is 0 Å². The molecule has 0 heterocycles. The van der Waals surface area contributed by atoms with Gasteiger partial charge in [0.2, 0.25) is 5.91 Å². The standard InChI is InChI=1S/C16H20N2O/c1-12(2)9-13-3-5-14(6-4-13)10-18-15(19)16(11-17)7-8-16/h3-6,12H,7-10H2,1-2H3,(H,18,19). The van der Waals surface area contributed by atoms with Gasteiger partial charge < -0.3 is 5.32 Å². The van der Waals surface area contributed by atoms with E-state index < -0.39 is 5.41 Å². The highest BCUT2D eigenvalue weighted by atomic mass is 16.2. The first-order chi connectivity index (χ1) is 9.05. The fourth-order valence-corrected chi connectivity index (χ4v) is 2.13. The minimum atomic E-state index is -0.725. The minimum absolute atomic E-state index is 0.124. The predicted octanol–water partition coefficient (Wildman–Crippen LogP) is 2.81. The van der Waals surface area contributed by atoms with Crippen LogP contribution < -0.4 is 5.32 Å². The molecule has 0 unspecified atom stereocenters. The van der Waals surface area contributed by atoms with Gasteiger partial charge in [0.25, 0.3) is 0 Å². The third kappa shape index (κ3) is 3.35. The summed E-state index contributed by atoms with van der Waals surface area (Å²) in [5.41, 5.74) is 1.67. The number of nitriles is 1. The van der Waals surface area contributed by atoms with Crippen molar-refractivity contribution < 1.29 is 4.79 Å². The molecular weight excluding hydrogens is 236 g/mol. The molecule has 3 nitrogen and oxygen atoms in total. The zero-order chi connectivity index (χ0) is 13.9. The molecule has 0 aromatic heterocycles. The maximum absolute atomic E-state index is 11.8. The molecule has 0 atom stereocenters. The Morgan fingerprint density at radius 3 is 2.37 bits per heavy atom. The Morgan fingerprint density at radius 1 is 1.32 bits per heavy atom. The zero-order valence-corrected chi connectivity index (χ0v) is 11.6. The third-order valence-electron chi connectivity index (χ3n) is 3.52. The van der Waals surface area contributed by atoms with Crippen molar-refractivity contribution >= 4 is 5.91 Å². The van der Waals surface area contributed by atoms with Crippen LogP contribution in [0.25, 0.3) is 0 Å². The van der Waals surface area contributed by atoms with Gasteiger partial charge in [0.1, 0.15) is 5.41 Å². The lowest BCUT2D eigenvalue weighted by atomic mass is 10.0. The Labute approximate surface area is 114 Å². The molecule has 2 rings (SSSR count). The summed E-state index contributed by atoms with van der Waals surface area (Å²) in [7, 11) is 0. The molecule has 19 heavy (non-hydrogen) atoms. The highest BCUT2D eigenvalue weighted by Gasteiger charge is 2.50.